The zero-order chi connectivity index (χ0) is 9.26. The Kier molecular flexibility index (Phi) is 2.00. The van der Waals surface area contributed by atoms with Crippen LogP contribution in [0.1, 0.15) is 34.8 Å². The highest BCUT2D eigenvalue weighted by Crippen LogP contribution is 2.38. The van der Waals surface area contributed by atoms with Crippen LogP contribution in [0.2, 0.25) is 0 Å². The first-order valence-electron chi connectivity index (χ1n) is 4.35. The van der Waals surface area contributed by atoms with Gasteiger partial charge in [0.25, 0.3) is 0 Å². The van der Waals surface area contributed by atoms with Crippen LogP contribution in [0.25, 0.3) is 0 Å². The number of nitrogens with zero attached hydrogens (tertiary/aromatic N) is 1. The molecule has 68 valence electrons. The van der Waals surface area contributed by atoms with Gasteiger partial charge >= 0.3 is 5.97 Å². The van der Waals surface area contributed by atoms with Crippen LogP contribution >= 0.6 is 0 Å². The second-order valence-corrected chi connectivity index (χ2v) is 3.24. The second-order valence-electron chi connectivity index (χ2n) is 3.24. The van der Waals surface area contributed by atoms with Gasteiger partial charge in [-0.2, -0.15) is 0 Å². The lowest BCUT2D eigenvalue weighted by atomic mass is 10.2. The Morgan fingerprint density at radius 2 is 2.38 bits per heavy atom. The van der Waals surface area contributed by atoms with Crippen LogP contribution in [0.3, 0.4) is 0 Å². The first-order chi connectivity index (χ1) is 6.31. The molecule has 3 heteroatoms. The Hall–Kier alpha value is -1.38. The number of aromatic nitrogens is 1. The van der Waals surface area contributed by atoms with E-state index < -0.39 is 0 Å². The fourth-order valence-electron chi connectivity index (χ4n) is 1.30. The quantitative estimate of drug-likeness (QED) is 0.646. The van der Waals surface area contributed by atoms with Crippen molar-refractivity contribution in [3.8, 4) is 0 Å². The van der Waals surface area contributed by atoms with Gasteiger partial charge in [0, 0.05) is 17.8 Å². The molecular formula is C10H11NO2. The summed E-state index contributed by atoms with van der Waals surface area (Å²) >= 11 is 0. The predicted octanol–water partition coefficient (Wildman–Crippen LogP) is 1.75. The third kappa shape index (κ3) is 1.69. The van der Waals surface area contributed by atoms with Crippen molar-refractivity contribution < 1.29 is 9.53 Å². The molecule has 0 radical (unpaired) electrons. The number of rotatable bonds is 2. The predicted molar refractivity (Wildman–Crippen MR) is 47.6 cm³/mol. The maximum Gasteiger partial charge on any atom is 0.337 e. The summed E-state index contributed by atoms with van der Waals surface area (Å²) < 4.78 is 4.62. The van der Waals surface area contributed by atoms with Crippen molar-refractivity contribution in [3.05, 3.63) is 29.6 Å². The van der Waals surface area contributed by atoms with Crippen LogP contribution < -0.4 is 0 Å². The summed E-state index contributed by atoms with van der Waals surface area (Å²) in [4.78, 5) is 15.4. The molecule has 0 aromatic carbocycles. The Labute approximate surface area is 76.7 Å². The Balaban J connectivity index is 2.26. The van der Waals surface area contributed by atoms with Crippen molar-refractivity contribution in [1.29, 1.82) is 0 Å². The third-order valence-electron chi connectivity index (χ3n) is 2.20. The lowest BCUT2D eigenvalue weighted by Crippen LogP contribution is -2.02. The Morgan fingerprint density at radius 3 is 3.00 bits per heavy atom. The van der Waals surface area contributed by atoms with E-state index >= 15 is 0 Å². The summed E-state index contributed by atoms with van der Waals surface area (Å²) in [5.74, 6) is 0.286. The van der Waals surface area contributed by atoms with Gasteiger partial charge in [0.15, 0.2) is 0 Å². The number of hydrogen-bond acceptors (Lipinski definition) is 3. The average Bonchev–Trinajstić information content (AvgIpc) is 3.00. The minimum absolute atomic E-state index is 0.288. The highest BCUT2D eigenvalue weighted by Gasteiger charge is 2.25. The van der Waals surface area contributed by atoms with Crippen LogP contribution in [0, 0.1) is 0 Å². The van der Waals surface area contributed by atoms with E-state index in [1.54, 1.807) is 12.3 Å². The average molecular weight is 177 g/mol. The second kappa shape index (κ2) is 3.17. The van der Waals surface area contributed by atoms with Crippen LogP contribution in [0.4, 0.5) is 0 Å². The van der Waals surface area contributed by atoms with Gasteiger partial charge in [-0.3, -0.25) is 4.98 Å². The first-order valence-corrected chi connectivity index (χ1v) is 4.35. The molecule has 1 fully saturated rings. The number of carbonyl (C=O) groups is 1. The SMILES string of the molecule is COC(=O)c1ccnc(C2CC2)c1. The molecule has 0 saturated heterocycles. The van der Waals surface area contributed by atoms with Crippen molar-refractivity contribution in [3.63, 3.8) is 0 Å². The zero-order valence-corrected chi connectivity index (χ0v) is 7.49. The van der Waals surface area contributed by atoms with E-state index in [0.29, 0.717) is 11.5 Å². The molecule has 0 aliphatic heterocycles. The summed E-state index contributed by atoms with van der Waals surface area (Å²) in [5, 5.41) is 0. The summed E-state index contributed by atoms with van der Waals surface area (Å²) in [6.45, 7) is 0. The van der Waals surface area contributed by atoms with E-state index in [9.17, 15) is 4.79 Å². The molecule has 1 aromatic rings. The molecule has 1 aromatic heterocycles. The van der Waals surface area contributed by atoms with Crippen molar-refractivity contribution in [1.82, 2.24) is 4.98 Å². The molecule has 0 N–H and O–H groups in total. The minimum atomic E-state index is -0.288. The smallest absolute Gasteiger partial charge is 0.337 e. The third-order valence-corrected chi connectivity index (χ3v) is 2.20. The van der Waals surface area contributed by atoms with Crippen LogP contribution in [0.15, 0.2) is 18.3 Å². The molecular weight excluding hydrogens is 166 g/mol. The number of pyridine rings is 1. The molecule has 0 atom stereocenters. The van der Waals surface area contributed by atoms with Gasteiger partial charge in [0.05, 0.1) is 12.7 Å². The molecule has 13 heavy (non-hydrogen) atoms. The lowest BCUT2D eigenvalue weighted by molar-refractivity contribution is 0.0600. The van der Waals surface area contributed by atoms with Gasteiger partial charge in [-0.05, 0) is 25.0 Å². The van der Waals surface area contributed by atoms with Crippen molar-refractivity contribution in [2.45, 2.75) is 18.8 Å². The number of esters is 1. The lowest BCUT2D eigenvalue weighted by Gasteiger charge is -2.00. The fourth-order valence-corrected chi connectivity index (χ4v) is 1.30. The number of hydrogen-bond donors (Lipinski definition) is 0. The highest BCUT2D eigenvalue weighted by molar-refractivity contribution is 5.89. The van der Waals surface area contributed by atoms with E-state index in [2.05, 4.69) is 9.72 Å². The van der Waals surface area contributed by atoms with Gasteiger partial charge in [0.2, 0.25) is 0 Å². The standard InChI is InChI=1S/C10H11NO2/c1-13-10(12)8-4-5-11-9(6-8)7-2-3-7/h4-7H,2-3H2,1H3. The van der Waals surface area contributed by atoms with Crippen molar-refractivity contribution in [2.24, 2.45) is 0 Å². The van der Waals surface area contributed by atoms with Crippen LogP contribution in [0.5, 0.6) is 0 Å². The number of ether oxygens (including phenoxy) is 1. The summed E-state index contributed by atoms with van der Waals surface area (Å²) in [6, 6.07) is 3.50. The molecule has 0 unspecified atom stereocenters. The number of methoxy groups -OCH3 is 1. The summed E-state index contributed by atoms with van der Waals surface area (Å²) in [6.07, 6.45) is 4.05. The number of carbonyl (C=O) groups excluding carboxylic acids is 1. The molecule has 1 aliphatic rings. The largest absolute Gasteiger partial charge is 0.465 e. The maximum absolute atomic E-state index is 11.2. The van der Waals surface area contributed by atoms with Gasteiger partial charge < -0.3 is 4.74 Å². The van der Waals surface area contributed by atoms with E-state index in [4.69, 9.17) is 0 Å². The van der Waals surface area contributed by atoms with E-state index in [1.165, 1.54) is 20.0 Å². The van der Waals surface area contributed by atoms with Gasteiger partial charge in [-0.1, -0.05) is 0 Å². The van der Waals surface area contributed by atoms with Crippen LogP contribution in [-0.2, 0) is 4.74 Å². The molecule has 0 amide bonds. The highest BCUT2D eigenvalue weighted by atomic mass is 16.5. The topological polar surface area (TPSA) is 39.2 Å². The summed E-state index contributed by atoms with van der Waals surface area (Å²) in [7, 11) is 1.39. The fraction of sp³-hybridized carbons (Fsp3) is 0.400. The van der Waals surface area contributed by atoms with Gasteiger partial charge in [0.1, 0.15) is 0 Å². The molecule has 3 nitrogen and oxygen atoms in total. The van der Waals surface area contributed by atoms with Gasteiger partial charge in [-0.25, -0.2) is 4.79 Å². The summed E-state index contributed by atoms with van der Waals surface area (Å²) in [5.41, 5.74) is 1.61. The molecule has 1 saturated carbocycles. The zero-order valence-electron chi connectivity index (χ0n) is 7.49. The van der Waals surface area contributed by atoms with Crippen LogP contribution in [-0.4, -0.2) is 18.1 Å². The van der Waals surface area contributed by atoms with E-state index in [1.807, 2.05) is 6.07 Å². The molecule has 0 spiro atoms. The van der Waals surface area contributed by atoms with Crippen molar-refractivity contribution in [2.75, 3.05) is 7.11 Å². The Bertz CT molecular complexity index is 331. The molecule has 2 rings (SSSR count). The monoisotopic (exact) mass is 177 g/mol. The molecule has 1 heterocycles. The van der Waals surface area contributed by atoms with E-state index in [0.717, 1.165) is 5.69 Å². The minimum Gasteiger partial charge on any atom is -0.465 e. The van der Waals surface area contributed by atoms with E-state index in [-0.39, 0.29) is 5.97 Å². The molecule has 1 aliphatic carbocycles. The van der Waals surface area contributed by atoms with Gasteiger partial charge in [-0.15, -0.1) is 0 Å². The van der Waals surface area contributed by atoms with Crippen molar-refractivity contribution >= 4 is 5.97 Å². The Morgan fingerprint density at radius 1 is 1.62 bits per heavy atom. The normalized spacial score (nSPS) is 15.5. The molecule has 0 bridgehead atoms. The maximum atomic E-state index is 11.2. The first kappa shape index (κ1) is 8.23.